The van der Waals surface area contributed by atoms with Gasteiger partial charge in [0.15, 0.2) is 0 Å². The fourth-order valence-corrected chi connectivity index (χ4v) is 1.81. The van der Waals surface area contributed by atoms with Crippen LogP contribution in [0.1, 0.15) is 21.6 Å². The van der Waals surface area contributed by atoms with Crippen LogP contribution in [0.3, 0.4) is 0 Å². The normalized spacial score (nSPS) is 10.2. The standard InChI is InChI=1S/C15H18N4O/c1-11-4-5-12(15(20)19(2)3)8-14(11)18-10-13-9-16-6-7-17-13/h4-9,18H,10H2,1-3H3. The van der Waals surface area contributed by atoms with Gasteiger partial charge in [0.05, 0.1) is 18.4 Å². The zero-order valence-corrected chi connectivity index (χ0v) is 11.9. The van der Waals surface area contributed by atoms with Gasteiger partial charge in [0.1, 0.15) is 0 Å². The second-order valence-corrected chi connectivity index (χ2v) is 4.78. The molecule has 0 aliphatic heterocycles. The average molecular weight is 270 g/mol. The molecule has 1 aromatic carbocycles. The first-order chi connectivity index (χ1) is 9.58. The third-order valence-electron chi connectivity index (χ3n) is 2.97. The molecule has 0 saturated heterocycles. The summed E-state index contributed by atoms with van der Waals surface area (Å²) in [5.74, 6) is -0.00690. The summed E-state index contributed by atoms with van der Waals surface area (Å²) in [5, 5.41) is 3.29. The Morgan fingerprint density at radius 2 is 2.10 bits per heavy atom. The van der Waals surface area contributed by atoms with Gasteiger partial charge in [0.2, 0.25) is 0 Å². The summed E-state index contributed by atoms with van der Waals surface area (Å²) in [6, 6.07) is 5.65. The Hall–Kier alpha value is -2.43. The molecule has 5 nitrogen and oxygen atoms in total. The van der Waals surface area contributed by atoms with Gasteiger partial charge in [0, 0.05) is 37.7 Å². The van der Waals surface area contributed by atoms with Gasteiger partial charge in [-0.25, -0.2) is 0 Å². The van der Waals surface area contributed by atoms with E-state index in [2.05, 4.69) is 15.3 Å². The number of carbonyl (C=O) groups is 1. The smallest absolute Gasteiger partial charge is 0.253 e. The molecule has 0 unspecified atom stereocenters. The summed E-state index contributed by atoms with van der Waals surface area (Å²) in [7, 11) is 3.49. The minimum absolute atomic E-state index is 0.00690. The maximum atomic E-state index is 12.0. The number of anilines is 1. The number of aromatic nitrogens is 2. The van der Waals surface area contributed by atoms with Crippen LogP contribution < -0.4 is 5.32 Å². The predicted octanol–water partition coefficient (Wildman–Crippen LogP) is 2.10. The quantitative estimate of drug-likeness (QED) is 0.924. The molecular formula is C15H18N4O. The maximum Gasteiger partial charge on any atom is 0.253 e. The highest BCUT2D eigenvalue weighted by Crippen LogP contribution is 2.18. The fourth-order valence-electron chi connectivity index (χ4n) is 1.81. The lowest BCUT2D eigenvalue weighted by Gasteiger charge is -2.14. The molecule has 0 saturated carbocycles. The molecule has 0 aliphatic rings. The van der Waals surface area contributed by atoms with Crippen LogP contribution in [0.15, 0.2) is 36.8 Å². The number of carbonyl (C=O) groups excluding carboxylic acids is 1. The molecule has 20 heavy (non-hydrogen) atoms. The van der Waals surface area contributed by atoms with Gasteiger partial charge < -0.3 is 10.2 Å². The Labute approximate surface area is 118 Å². The first-order valence-corrected chi connectivity index (χ1v) is 6.39. The third-order valence-corrected chi connectivity index (χ3v) is 2.97. The number of benzene rings is 1. The van der Waals surface area contributed by atoms with Gasteiger partial charge in [-0.1, -0.05) is 6.07 Å². The minimum Gasteiger partial charge on any atom is -0.379 e. The Morgan fingerprint density at radius 1 is 1.30 bits per heavy atom. The molecule has 0 fully saturated rings. The van der Waals surface area contributed by atoms with Crippen LogP contribution >= 0.6 is 0 Å². The Kier molecular flexibility index (Phi) is 4.30. The van der Waals surface area contributed by atoms with Crippen molar-refractivity contribution in [1.29, 1.82) is 0 Å². The molecule has 1 amide bonds. The predicted molar refractivity (Wildman–Crippen MR) is 78.6 cm³/mol. The SMILES string of the molecule is Cc1ccc(C(=O)N(C)C)cc1NCc1cnccn1. The van der Waals surface area contributed by atoms with E-state index in [9.17, 15) is 4.79 Å². The van der Waals surface area contributed by atoms with Crippen molar-refractivity contribution >= 4 is 11.6 Å². The van der Waals surface area contributed by atoms with Crippen molar-refractivity contribution < 1.29 is 4.79 Å². The van der Waals surface area contributed by atoms with Gasteiger partial charge in [0.25, 0.3) is 5.91 Å². The van der Waals surface area contributed by atoms with E-state index in [1.165, 1.54) is 0 Å². The van der Waals surface area contributed by atoms with Crippen molar-refractivity contribution in [2.24, 2.45) is 0 Å². The van der Waals surface area contributed by atoms with Gasteiger partial charge >= 0.3 is 0 Å². The van der Waals surface area contributed by atoms with Crippen molar-refractivity contribution in [3.8, 4) is 0 Å². The molecule has 104 valence electrons. The maximum absolute atomic E-state index is 12.0. The monoisotopic (exact) mass is 270 g/mol. The largest absolute Gasteiger partial charge is 0.379 e. The summed E-state index contributed by atoms with van der Waals surface area (Å²) in [6.45, 7) is 2.58. The average Bonchev–Trinajstić information content (AvgIpc) is 2.46. The first-order valence-electron chi connectivity index (χ1n) is 6.39. The highest BCUT2D eigenvalue weighted by molar-refractivity contribution is 5.95. The van der Waals surface area contributed by atoms with Crippen LogP contribution in [0, 0.1) is 6.92 Å². The van der Waals surface area contributed by atoms with Crippen LogP contribution in [0.5, 0.6) is 0 Å². The number of nitrogens with zero attached hydrogens (tertiary/aromatic N) is 3. The Bertz CT molecular complexity index is 596. The molecule has 0 atom stereocenters. The van der Waals surface area contributed by atoms with E-state index in [-0.39, 0.29) is 5.91 Å². The molecule has 5 heteroatoms. The molecule has 0 aliphatic carbocycles. The van der Waals surface area contributed by atoms with Crippen LogP contribution in [-0.2, 0) is 6.54 Å². The van der Waals surface area contributed by atoms with Crippen molar-refractivity contribution in [3.05, 3.63) is 53.6 Å². The lowest BCUT2D eigenvalue weighted by molar-refractivity contribution is 0.0827. The van der Waals surface area contributed by atoms with E-state index >= 15 is 0 Å². The Balaban J connectivity index is 2.15. The summed E-state index contributed by atoms with van der Waals surface area (Å²) < 4.78 is 0. The number of nitrogens with one attached hydrogen (secondary N) is 1. The Morgan fingerprint density at radius 3 is 2.75 bits per heavy atom. The molecule has 1 heterocycles. The number of amides is 1. The van der Waals surface area contributed by atoms with Gasteiger partial charge in [-0.3, -0.25) is 14.8 Å². The second-order valence-electron chi connectivity index (χ2n) is 4.78. The lowest BCUT2D eigenvalue weighted by atomic mass is 10.1. The van der Waals surface area contributed by atoms with Gasteiger partial charge in [-0.15, -0.1) is 0 Å². The van der Waals surface area contributed by atoms with Crippen LogP contribution in [-0.4, -0.2) is 34.9 Å². The summed E-state index contributed by atoms with van der Waals surface area (Å²) in [6.07, 6.45) is 5.03. The van der Waals surface area contributed by atoms with Crippen molar-refractivity contribution in [1.82, 2.24) is 14.9 Å². The molecular weight excluding hydrogens is 252 g/mol. The number of hydrogen-bond acceptors (Lipinski definition) is 4. The molecule has 2 rings (SSSR count). The third kappa shape index (κ3) is 3.32. The van der Waals surface area contributed by atoms with Gasteiger partial charge in [-0.2, -0.15) is 0 Å². The van der Waals surface area contributed by atoms with E-state index in [4.69, 9.17) is 0 Å². The van der Waals surface area contributed by atoms with Crippen molar-refractivity contribution in [2.45, 2.75) is 13.5 Å². The van der Waals surface area contributed by atoms with Crippen molar-refractivity contribution in [2.75, 3.05) is 19.4 Å². The zero-order valence-electron chi connectivity index (χ0n) is 11.9. The molecule has 2 aromatic rings. The van der Waals surface area contributed by atoms with Gasteiger partial charge in [-0.05, 0) is 24.6 Å². The summed E-state index contributed by atoms with van der Waals surface area (Å²) in [5.41, 5.74) is 3.55. The first kappa shape index (κ1) is 14.0. The van der Waals surface area contributed by atoms with E-state index in [0.717, 1.165) is 16.9 Å². The number of hydrogen-bond donors (Lipinski definition) is 1. The van der Waals surface area contributed by atoms with Crippen LogP contribution in [0.4, 0.5) is 5.69 Å². The van der Waals surface area contributed by atoms with Crippen LogP contribution in [0.25, 0.3) is 0 Å². The highest BCUT2D eigenvalue weighted by Gasteiger charge is 2.09. The molecule has 1 N–H and O–H groups in total. The van der Waals surface area contributed by atoms with E-state index in [1.54, 1.807) is 37.6 Å². The topological polar surface area (TPSA) is 58.1 Å². The molecule has 0 radical (unpaired) electrons. The minimum atomic E-state index is -0.00690. The molecule has 1 aromatic heterocycles. The molecule has 0 bridgehead atoms. The molecule has 0 spiro atoms. The van der Waals surface area contributed by atoms with E-state index < -0.39 is 0 Å². The van der Waals surface area contributed by atoms with E-state index in [1.807, 2.05) is 25.1 Å². The van der Waals surface area contributed by atoms with Crippen molar-refractivity contribution in [3.63, 3.8) is 0 Å². The second kappa shape index (κ2) is 6.14. The highest BCUT2D eigenvalue weighted by atomic mass is 16.2. The summed E-state index contributed by atoms with van der Waals surface area (Å²) in [4.78, 5) is 21.8. The fraction of sp³-hybridized carbons (Fsp3) is 0.267. The summed E-state index contributed by atoms with van der Waals surface area (Å²) >= 11 is 0. The lowest BCUT2D eigenvalue weighted by Crippen LogP contribution is -2.21. The number of rotatable bonds is 4. The van der Waals surface area contributed by atoms with Crippen LogP contribution in [0.2, 0.25) is 0 Å². The zero-order chi connectivity index (χ0) is 14.5. The number of aryl methyl sites for hydroxylation is 1. The van der Waals surface area contributed by atoms with E-state index in [0.29, 0.717) is 12.1 Å².